The van der Waals surface area contributed by atoms with Crippen molar-refractivity contribution in [1.82, 2.24) is 9.88 Å². The summed E-state index contributed by atoms with van der Waals surface area (Å²) in [6.45, 7) is 3.32. The van der Waals surface area contributed by atoms with Crippen molar-refractivity contribution < 1.29 is 9.53 Å². The molecule has 0 aliphatic carbocycles. The highest BCUT2D eigenvalue weighted by molar-refractivity contribution is 5.89. The van der Waals surface area contributed by atoms with Gasteiger partial charge in [0, 0.05) is 30.2 Å². The molecule has 0 radical (unpaired) electrons. The standard InChI is InChI=1S/C21H23N3O2/c1-16-6-3-7-17(12-16)15-24-11-5-9-19(24)14-22-21(25)23-18-8-4-10-20(13-18)26-2/h3-13H,14-15H2,1-2H3,(H2,22,23,25). The van der Waals surface area contributed by atoms with Gasteiger partial charge in [0.25, 0.3) is 0 Å². The molecular weight excluding hydrogens is 326 g/mol. The van der Waals surface area contributed by atoms with Crippen LogP contribution in [0.1, 0.15) is 16.8 Å². The van der Waals surface area contributed by atoms with Gasteiger partial charge in [0.15, 0.2) is 0 Å². The summed E-state index contributed by atoms with van der Waals surface area (Å²) < 4.78 is 7.30. The first-order valence-corrected chi connectivity index (χ1v) is 8.52. The molecule has 26 heavy (non-hydrogen) atoms. The van der Waals surface area contributed by atoms with Crippen LogP contribution in [0.15, 0.2) is 66.9 Å². The lowest BCUT2D eigenvalue weighted by molar-refractivity contribution is 0.251. The number of urea groups is 1. The van der Waals surface area contributed by atoms with Gasteiger partial charge in [0.2, 0.25) is 0 Å². The third-order valence-corrected chi connectivity index (χ3v) is 4.12. The van der Waals surface area contributed by atoms with E-state index in [1.54, 1.807) is 13.2 Å². The van der Waals surface area contributed by atoms with Gasteiger partial charge < -0.3 is 19.9 Å². The molecule has 0 spiro atoms. The smallest absolute Gasteiger partial charge is 0.319 e. The minimum Gasteiger partial charge on any atom is -0.497 e. The van der Waals surface area contributed by atoms with Crippen molar-refractivity contribution in [2.45, 2.75) is 20.0 Å². The maximum Gasteiger partial charge on any atom is 0.319 e. The van der Waals surface area contributed by atoms with Crippen molar-refractivity contribution in [1.29, 1.82) is 0 Å². The Hall–Kier alpha value is -3.21. The highest BCUT2D eigenvalue weighted by Gasteiger charge is 2.06. The van der Waals surface area contributed by atoms with E-state index in [-0.39, 0.29) is 6.03 Å². The lowest BCUT2D eigenvalue weighted by Crippen LogP contribution is -2.29. The predicted molar refractivity (Wildman–Crippen MR) is 104 cm³/mol. The number of aryl methyl sites for hydroxylation is 1. The molecular formula is C21H23N3O2. The Labute approximate surface area is 153 Å². The van der Waals surface area contributed by atoms with Crippen LogP contribution in [0.2, 0.25) is 0 Å². The van der Waals surface area contributed by atoms with Crippen LogP contribution in [0.4, 0.5) is 10.5 Å². The number of carbonyl (C=O) groups excluding carboxylic acids is 1. The fourth-order valence-corrected chi connectivity index (χ4v) is 2.82. The molecule has 0 aliphatic rings. The molecule has 5 heteroatoms. The van der Waals surface area contributed by atoms with E-state index in [1.165, 1.54) is 11.1 Å². The molecule has 0 saturated carbocycles. The molecule has 1 heterocycles. The molecule has 2 amide bonds. The Kier molecular flexibility index (Phi) is 5.59. The Morgan fingerprint density at radius 1 is 1.08 bits per heavy atom. The van der Waals surface area contributed by atoms with Crippen LogP contribution in [-0.4, -0.2) is 17.7 Å². The highest BCUT2D eigenvalue weighted by atomic mass is 16.5. The molecule has 2 N–H and O–H groups in total. The molecule has 0 aliphatic heterocycles. The van der Waals surface area contributed by atoms with Gasteiger partial charge in [-0.15, -0.1) is 0 Å². The van der Waals surface area contributed by atoms with E-state index in [0.717, 1.165) is 12.2 Å². The number of nitrogens with zero attached hydrogens (tertiary/aromatic N) is 1. The second-order valence-corrected chi connectivity index (χ2v) is 6.16. The zero-order valence-corrected chi connectivity index (χ0v) is 15.0. The maximum atomic E-state index is 12.1. The lowest BCUT2D eigenvalue weighted by Gasteiger charge is -2.12. The van der Waals surface area contributed by atoms with Crippen molar-refractivity contribution in [2.24, 2.45) is 0 Å². The summed E-state index contributed by atoms with van der Waals surface area (Å²) in [6, 6.07) is 19.5. The van der Waals surface area contributed by atoms with Crippen molar-refractivity contribution >= 4 is 11.7 Å². The molecule has 0 atom stereocenters. The number of rotatable bonds is 6. The molecule has 3 rings (SSSR count). The molecule has 0 unspecified atom stereocenters. The van der Waals surface area contributed by atoms with Crippen LogP contribution in [0.3, 0.4) is 0 Å². The lowest BCUT2D eigenvalue weighted by atomic mass is 10.1. The van der Waals surface area contributed by atoms with Gasteiger partial charge in [-0.25, -0.2) is 4.79 Å². The SMILES string of the molecule is COc1cccc(NC(=O)NCc2cccn2Cc2cccc(C)c2)c1. The minimum absolute atomic E-state index is 0.249. The number of aromatic nitrogens is 1. The Balaban J connectivity index is 1.58. The Bertz CT molecular complexity index is 886. The number of methoxy groups -OCH3 is 1. The summed E-state index contributed by atoms with van der Waals surface area (Å²) in [5.41, 5.74) is 4.22. The van der Waals surface area contributed by atoms with Crippen molar-refractivity contribution in [3.05, 3.63) is 83.7 Å². The van der Waals surface area contributed by atoms with E-state index < -0.39 is 0 Å². The monoisotopic (exact) mass is 349 g/mol. The zero-order valence-electron chi connectivity index (χ0n) is 15.0. The Morgan fingerprint density at radius 3 is 2.73 bits per heavy atom. The molecule has 1 aromatic heterocycles. The second-order valence-electron chi connectivity index (χ2n) is 6.16. The van der Waals surface area contributed by atoms with Gasteiger partial charge in [0.05, 0.1) is 13.7 Å². The topological polar surface area (TPSA) is 55.3 Å². The van der Waals surface area contributed by atoms with E-state index >= 15 is 0 Å². The average Bonchev–Trinajstić information content (AvgIpc) is 3.07. The Morgan fingerprint density at radius 2 is 1.92 bits per heavy atom. The average molecular weight is 349 g/mol. The maximum absolute atomic E-state index is 12.1. The van der Waals surface area contributed by atoms with Crippen LogP contribution in [0.25, 0.3) is 0 Å². The minimum atomic E-state index is -0.249. The highest BCUT2D eigenvalue weighted by Crippen LogP contribution is 2.16. The molecule has 0 saturated heterocycles. The number of hydrogen-bond acceptors (Lipinski definition) is 2. The summed E-state index contributed by atoms with van der Waals surface area (Å²) in [5.74, 6) is 0.704. The number of nitrogens with one attached hydrogen (secondary N) is 2. The summed E-state index contributed by atoms with van der Waals surface area (Å²) >= 11 is 0. The van der Waals surface area contributed by atoms with E-state index in [9.17, 15) is 4.79 Å². The van der Waals surface area contributed by atoms with Gasteiger partial charge in [-0.2, -0.15) is 0 Å². The normalized spacial score (nSPS) is 10.4. The van der Waals surface area contributed by atoms with E-state index in [1.807, 2.05) is 36.5 Å². The third kappa shape index (κ3) is 4.66. The van der Waals surface area contributed by atoms with Gasteiger partial charge in [-0.05, 0) is 36.8 Å². The van der Waals surface area contributed by atoms with E-state index in [0.29, 0.717) is 18.0 Å². The molecule has 0 fully saturated rings. The van der Waals surface area contributed by atoms with Gasteiger partial charge in [-0.3, -0.25) is 0 Å². The van der Waals surface area contributed by atoms with Gasteiger partial charge in [0.1, 0.15) is 5.75 Å². The van der Waals surface area contributed by atoms with Crippen LogP contribution in [-0.2, 0) is 13.1 Å². The van der Waals surface area contributed by atoms with Crippen molar-refractivity contribution in [2.75, 3.05) is 12.4 Å². The molecule has 0 bridgehead atoms. The van der Waals surface area contributed by atoms with Gasteiger partial charge in [-0.1, -0.05) is 35.9 Å². The zero-order chi connectivity index (χ0) is 18.4. The number of ether oxygens (including phenoxy) is 1. The van der Waals surface area contributed by atoms with Crippen molar-refractivity contribution in [3.63, 3.8) is 0 Å². The largest absolute Gasteiger partial charge is 0.497 e. The third-order valence-electron chi connectivity index (χ3n) is 4.12. The molecule has 3 aromatic rings. The predicted octanol–water partition coefficient (Wildman–Crippen LogP) is 4.18. The second kappa shape index (κ2) is 8.25. The number of hydrogen-bond donors (Lipinski definition) is 2. The van der Waals surface area contributed by atoms with Crippen LogP contribution < -0.4 is 15.4 Å². The summed E-state index contributed by atoms with van der Waals surface area (Å²) in [5, 5.41) is 5.71. The van der Waals surface area contributed by atoms with Crippen LogP contribution >= 0.6 is 0 Å². The van der Waals surface area contributed by atoms with E-state index in [2.05, 4.69) is 46.4 Å². The summed E-state index contributed by atoms with van der Waals surface area (Å²) in [4.78, 5) is 12.1. The number of benzene rings is 2. The van der Waals surface area contributed by atoms with Crippen LogP contribution in [0, 0.1) is 6.92 Å². The number of anilines is 1. The van der Waals surface area contributed by atoms with Crippen molar-refractivity contribution in [3.8, 4) is 5.75 Å². The van der Waals surface area contributed by atoms with Gasteiger partial charge >= 0.3 is 6.03 Å². The fraction of sp³-hybridized carbons (Fsp3) is 0.190. The fourth-order valence-electron chi connectivity index (χ4n) is 2.82. The molecule has 5 nitrogen and oxygen atoms in total. The van der Waals surface area contributed by atoms with Crippen LogP contribution in [0.5, 0.6) is 5.75 Å². The molecule has 134 valence electrons. The van der Waals surface area contributed by atoms with E-state index in [4.69, 9.17) is 4.74 Å². The number of amides is 2. The first-order valence-electron chi connectivity index (χ1n) is 8.52. The summed E-state index contributed by atoms with van der Waals surface area (Å²) in [6.07, 6.45) is 2.03. The molecule has 2 aromatic carbocycles. The first kappa shape index (κ1) is 17.6. The quantitative estimate of drug-likeness (QED) is 0.701. The summed E-state index contributed by atoms with van der Waals surface area (Å²) in [7, 11) is 1.60. The first-order chi connectivity index (χ1) is 12.6. The number of carbonyl (C=O) groups is 1.